The Hall–Kier alpha value is -3.59. The Kier molecular flexibility index (Phi) is 6.32. The predicted octanol–water partition coefficient (Wildman–Crippen LogP) is 3.36. The minimum absolute atomic E-state index is 0.0348. The van der Waals surface area contributed by atoms with Gasteiger partial charge >= 0.3 is 5.97 Å². The molecule has 25 heavy (non-hydrogen) atoms. The molecular formula is C19H15NO5. The molecule has 2 rings (SSSR count). The van der Waals surface area contributed by atoms with E-state index in [1.165, 1.54) is 18.2 Å². The summed E-state index contributed by atoms with van der Waals surface area (Å²) in [7, 11) is 0. The number of nitrogens with zero attached hydrogens (tertiary/aromatic N) is 1. The maximum Gasteiger partial charge on any atom is 0.331 e. The molecule has 0 heterocycles. The molecule has 2 aromatic carbocycles. The van der Waals surface area contributed by atoms with Gasteiger partial charge < -0.3 is 9.47 Å². The first-order chi connectivity index (χ1) is 12.1. The number of benzene rings is 2. The highest BCUT2D eigenvalue weighted by Gasteiger charge is 2.04. The summed E-state index contributed by atoms with van der Waals surface area (Å²) < 4.78 is 10.4. The van der Waals surface area contributed by atoms with E-state index in [4.69, 9.17) is 15.9 Å². The van der Waals surface area contributed by atoms with Crippen LogP contribution in [-0.2, 0) is 16.1 Å². The van der Waals surface area contributed by atoms with Gasteiger partial charge in [-0.2, -0.15) is 0 Å². The van der Waals surface area contributed by atoms with E-state index in [2.05, 4.69) is 5.92 Å². The molecule has 0 N–H and O–H groups in total. The van der Waals surface area contributed by atoms with Gasteiger partial charge in [0, 0.05) is 18.2 Å². The highest BCUT2D eigenvalue weighted by Crippen LogP contribution is 2.17. The minimum atomic E-state index is -0.518. The number of carbonyl (C=O) groups is 1. The zero-order valence-electron chi connectivity index (χ0n) is 13.3. The molecular weight excluding hydrogens is 322 g/mol. The molecule has 126 valence electrons. The summed E-state index contributed by atoms with van der Waals surface area (Å²) in [5.41, 5.74) is 1.61. The van der Waals surface area contributed by atoms with E-state index in [9.17, 15) is 14.9 Å². The van der Waals surface area contributed by atoms with Crippen LogP contribution in [0.15, 0.2) is 54.6 Å². The Bertz CT molecular complexity index is 818. The van der Waals surface area contributed by atoms with Crippen LogP contribution in [0.3, 0.4) is 0 Å². The number of nitro groups is 1. The number of esters is 1. The van der Waals surface area contributed by atoms with E-state index >= 15 is 0 Å². The van der Waals surface area contributed by atoms with Gasteiger partial charge in [-0.25, -0.2) is 4.79 Å². The summed E-state index contributed by atoms with van der Waals surface area (Å²) in [6.07, 6.45) is 7.89. The molecule has 0 aromatic heterocycles. The molecule has 6 nitrogen and oxygen atoms in total. The van der Waals surface area contributed by atoms with E-state index < -0.39 is 10.9 Å². The van der Waals surface area contributed by atoms with Crippen molar-refractivity contribution in [2.75, 3.05) is 6.61 Å². The quantitative estimate of drug-likeness (QED) is 0.254. The average molecular weight is 337 g/mol. The van der Waals surface area contributed by atoms with Crippen molar-refractivity contribution in [2.24, 2.45) is 0 Å². The molecule has 0 aliphatic rings. The van der Waals surface area contributed by atoms with Gasteiger partial charge in [-0.1, -0.05) is 18.1 Å². The van der Waals surface area contributed by atoms with Crippen LogP contribution in [0.5, 0.6) is 5.75 Å². The zero-order valence-corrected chi connectivity index (χ0v) is 13.3. The number of terminal acetylenes is 1. The van der Waals surface area contributed by atoms with Gasteiger partial charge in [-0.15, -0.1) is 6.42 Å². The van der Waals surface area contributed by atoms with E-state index in [1.807, 2.05) is 6.07 Å². The molecule has 2 aromatic rings. The smallest absolute Gasteiger partial charge is 0.331 e. The van der Waals surface area contributed by atoms with Crippen LogP contribution in [-0.4, -0.2) is 17.5 Å². The lowest BCUT2D eigenvalue weighted by atomic mass is 10.2. The lowest BCUT2D eigenvalue weighted by Gasteiger charge is -2.07. The maximum atomic E-state index is 11.4. The number of ether oxygens (including phenoxy) is 2. The van der Waals surface area contributed by atoms with Crippen molar-refractivity contribution in [1.82, 2.24) is 0 Å². The third kappa shape index (κ3) is 5.84. The monoisotopic (exact) mass is 337 g/mol. The molecule has 0 saturated heterocycles. The number of rotatable bonds is 7. The molecule has 0 aliphatic heterocycles. The number of non-ortho nitro benzene ring substituents is 1. The zero-order chi connectivity index (χ0) is 18.1. The average Bonchev–Trinajstić information content (AvgIpc) is 2.63. The van der Waals surface area contributed by atoms with Crippen LogP contribution in [0.4, 0.5) is 5.69 Å². The first kappa shape index (κ1) is 17.8. The van der Waals surface area contributed by atoms with Gasteiger partial charge in [0.1, 0.15) is 12.4 Å². The second-order valence-corrected chi connectivity index (χ2v) is 4.93. The summed E-state index contributed by atoms with van der Waals surface area (Å²) in [6, 6.07) is 13.3. The molecule has 6 heteroatoms. The highest BCUT2D eigenvalue weighted by atomic mass is 16.6. The standard InChI is InChI=1S/C19H15NO5/c1-2-12-24-19(21)11-8-15-4-3-5-18(13-15)25-14-16-6-9-17(10-7-16)20(22)23/h1,3-11,13H,12,14H2/b11-8+. The fraction of sp³-hybridized carbons (Fsp3) is 0.105. The van der Waals surface area contributed by atoms with E-state index in [0.717, 1.165) is 11.1 Å². The van der Waals surface area contributed by atoms with Crippen molar-refractivity contribution < 1.29 is 19.2 Å². The molecule has 0 bridgehead atoms. The van der Waals surface area contributed by atoms with Gasteiger partial charge in [-0.05, 0) is 41.5 Å². The minimum Gasteiger partial charge on any atom is -0.489 e. The number of hydrogen-bond acceptors (Lipinski definition) is 5. The number of hydrogen-bond donors (Lipinski definition) is 0. The van der Waals surface area contributed by atoms with Crippen LogP contribution in [0, 0.1) is 22.5 Å². The van der Waals surface area contributed by atoms with Crippen molar-refractivity contribution >= 4 is 17.7 Å². The fourth-order valence-electron chi connectivity index (χ4n) is 1.91. The second-order valence-electron chi connectivity index (χ2n) is 4.93. The second kappa shape index (κ2) is 8.89. The number of nitro benzene ring substituents is 1. The van der Waals surface area contributed by atoms with E-state index in [1.54, 1.807) is 36.4 Å². The maximum absolute atomic E-state index is 11.4. The molecule has 0 spiro atoms. The summed E-state index contributed by atoms with van der Waals surface area (Å²) in [6.45, 7) is 0.205. The Morgan fingerprint density at radius 3 is 2.68 bits per heavy atom. The summed E-state index contributed by atoms with van der Waals surface area (Å²) in [5, 5.41) is 10.6. The summed E-state index contributed by atoms with van der Waals surface area (Å²) in [4.78, 5) is 21.5. The summed E-state index contributed by atoms with van der Waals surface area (Å²) >= 11 is 0. The van der Waals surface area contributed by atoms with Crippen LogP contribution in [0.25, 0.3) is 6.08 Å². The SMILES string of the molecule is C#CCOC(=O)/C=C/c1cccc(OCc2ccc([N+](=O)[O-])cc2)c1. The first-order valence-electron chi connectivity index (χ1n) is 7.33. The largest absolute Gasteiger partial charge is 0.489 e. The molecule has 0 aliphatic carbocycles. The van der Waals surface area contributed by atoms with Crippen molar-refractivity contribution in [1.29, 1.82) is 0 Å². The lowest BCUT2D eigenvalue weighted by Crippen LogP contribution is -1.99. The number of carbonyl (C=O) groups excluding carboxylic acids is 1. The van der Waals surface area contributed by atoms with Gasteiger partial charge in [0.15, 0.2) is 6.61 Å². The summed E-state index contributed by atoms with van der Waals surface area (Å²) in [5.74, 6) is 2.30. The Labute approximate surface area is 144 Å². The molecule has 0 fully saturated rings. The van der Waals surface area contributed by atoms with Gasteiger partial charge in [0.05, 0.1) is 4.92 Å². The van der Waals surface area contributed by atoms with Crippen LogP contribution in [0.2, 0.25) is 0 Å². The molecule has 0 radical (unpaired) electrons. The Balaban J connectivity index is 1.95. The third-order valence-electron chi connectivity index (χ3n) is 3.12. The predicted molar refractivity (Wildman–Crippen MR) is 92.7 cm³/mol. The van der Waals surface area contributed by atoms with Gasteiger partial charge in [-0.3, -0.25) is 10.1 Å². The van der Waals surface area contributed by atoms with Crippen molar-refractivity contribution in [3.8, 4) is 18.1 Å². The third-order valence-corrected chi connectivity index (χ3v) is 3.12. The van der Waals surface area contributed by atoms with E-state index in [-0.39, 0.29) is 18.9 Å². The lowest BCUT2D eigenvalue weighted by molar-refractivity contribution is -0.384. The van der Waals surface area contributed by atoms with Gasteiger partial charge in [0.25, 0.3) is 5.69 Å². The Morgan fingerprint density at radius 1 is 1.24 bits per heavy atom. The molecule has 0 amide bonds. The van der Waals surface area contributed by atoms with Crippen LogP contribution < -0.4 is 4.74 Å². The molecule has 0 unspecified atom stereocenters. The van der Waals surface area contributed by atoms with Crippen molar-refractivity contribution in [3.05, 3.63) is 75.8 Å². The highest BCUT2D eigenvalue weighted by molar-refractivity contribution is 5.87. The Morgan fingerprint density at radius 2 is 2.00 bits per heavy atom. The van der Waals surface area contributed by atoms with Crippen molar-refractivity contribution in [2.45, 2.75) is 6.61 Å². The fourth-order valence-corrected chi connectivity index (χ4v) is 1.91. The molecule has 0 atom stereocenters. The normalized spacial score (nSPS) is 10.2. The van der Waals surface area contributed by atoms with Crippen molar-refractivity contribution in [3.63, 3.8) is 0 Å². The van der Waals surface area contributed by atoms with Crippen LogP contribution >= 0.6 is 0 Å². The van der Waals surface area contributed by atoms with Crippen LogP contribution in [0.1, 0.15) is 11.1 Å². The molecule has 0 saturated carbocycles. The first-order valence-corrected chi connectivity index (χ1v) is 7.33. The topological polar surface area (TPSA) is 78.7 Å². The van der Waals surface area contributed by atoms with E-state index in [0.29, 0.717) is 5.75 Å². The van der Waals surface area contributed by atoms with Gasteiger partial charge in [0.2, 0.25) is 0 Å².